The molecule has 0 bridgehead atoms. The predicted molar refractivity (Wildman–Crippen MR) is 138 cm³/mol. The lowest BCUT2D eigenvalue weighted by Gasteiger charge is -2.32. The van der Waals surface area contributed by atoms with E-state index in [0.29, 0.717) is 30.3 Å². The second-order valence-electron chi connectivity index (χ2n) is 8.18. The average molecular weight is 531 g/mol. The Labute approximate surface area is 216 Å². The highest BCUT2D eigenvalue weighted by Crippen LogP contribution is 2.37. The number of amides is 1. The van der Waals surface area contributed by atoms with Gasteiger partial charge < -0.3 is 19.1 Å². The molecule has 3 aromatic carbocycles. The molecule has 0 atom stereocenters. The molecule has 1 heterocycles. The maximum Gasteiger partial charge on any atom is 0.265 e. The van der Waals surface area contributed by atoms with Crippen molar-refractivity contribution < 1.29 is 27.4 Å². The molecule has 0 aliphatic carbocycles. The van der Waals surface area contributed by atoms with Crippen LogP contribution in [0, 0.1) is 0 Å². The smallest absolute Gasteiger partial charge is 0.265 e. The van der Waals surface area contributed by atoms with E-state index < -0.39 is 16.6 Å². The number of carbonyl (C=O) groups excluding carboxylic acids is 1. The van der Waals surface area contributed by atoms with Crippen molar-refractivity contribution in [1.29, 1.82) is 0 Å². The second kappa shape index (κ2) is 10.7. The molecular formula is C26H27ClN2O6S. The van der Waals surface area contributed by atoms with Crippen molar-refractivity contribution in [3.8, 4) is 17.2 Å². The van der Waals surface area contributed by atoms with Crippen molar-refractivity contribution in [3.05, 3.63) is 76.8 Å². The molecule has 8 nitrogen and oxygen atoms in total. The van der Waals surface area contributed by atoms with Crippen molar-refractivity contribution in [2.24, 2.45) is 0 Å². The minimum Gasteiger partial charge on any atom is -0.495 e. The Morgan fingerprint density at radius 1 is 0.917 bits per heavy atom. The Morgan fingerprint density at radius 2 is 1.58 bits per heavy atom. The fourth-order valence-electron chi connectivity index (χ4n) is 4.19. The van der Waals surface area contributed by atoms with Gasteiger partial charge in [-0.2, -0.15) is 0 Å². The van der Waals surface area contributed by atoms with E-state index in [1.165, 1.54) is 51.2 Å². The molecule has 4 rings (SSSR count). The molecule has 0 saturated carbocycles. The fourth-order valence-corrected chi connectivity index (χ4v) is 5.79. The van der Waals surface area contributed by atoms with Gasteiger partial charge in [-0.15, -0.1) is 0 Å². The maximum absolute atomic E-state index is 14.0. The van der Waals surface area contributed by atoms with Crippen LogP contribution in [0.2, 0.25) is 5.02 Å². The monoisotopic (exact) mass is 530 g/mol. The Kier molecular flexibility index (Phi) is 7.61. The van der Waals surface area contributed by atoms with Crippen LogP contribution < -0.4 is 18.5 Å². The molecule has 3 aromatic rings. The zero-order chi connectivity index (χ0) is 25.9. The van der Waals surface area contributed by atoms with Crippen LogP contribution in [0.25, 0.3) is 0 Å². The van der Waals surface area contributed by atoms with E-state index in [0.717, 1.165) is 9.87 Å². The van der Waals surface area contributed by atoms with Gasteiger partial charge in [-0.25, -0.2) is 8.42 Å². The molecule has 0 N–H and O–H groups in total. The predicted octanol–water partition coefficient (Wildman–Crippen LogP) is 4.15. The molecule has 1 aliphatic heterocycles. The summed E-state index contributed by atoms with van der Waals surface area (Å²) in [6.07, 6.45) is 0.699. The zero-order valence-corrected chi connectivity index (χ0v) is 21.8. The number of sulfonamides is 1. The lowest BCUT2D eigenvalue weighted by Crippen LogP contribution is -2.44. The van der Waals surface area contributed by atoms with E-state index >= 15 is 0 Å². The van der Waals surface area contributed by atoms with E-state index in [4.69, 9.17) is 25.8 Å². The van der Waals surface area contributed by atoms with Crippen LogP contribution in [-0.4, -0.2) is 53.6 Å². The lowest BCUT2D eigenvalue weighted by atomic mass is 10.00. The zero-order valence-electron chi connectivity index (χ0n) is 20.2. The molecule has 10 heteroatoms. The minimum atomic E-state index is -4.24. The van der Waals surface area contributed by atoms with Gasteiger partial charge in [-0.3, -0.25) is 9.10 Å². The summed E-state index contributed by atoms with van der Waals surface area (Å²) < 4.78 is 44.9. The number of methoxy groups -OCH3 is 3. The van der Waals surface area contributed by atoms with E-state index in [1.54, 1.807) is 17.0 Å². The van der Waals surface area contributed by atoms with Crippen molar-refractivity contribution >= 4 is 33.2 Å². The highest BCUT2D eigenvalue weighted by molar-refractivity contribution is 7.92. The van der Waals surface area contributed by atoms with Gasteiger partial charge in [-0.1, -0.05) is 35.9 Å². The minimum absolute atomic E-state index is 0.0704. The average Bonchev–Trinajstić information content (AvgIpc) is 2.90. The largest absolute Gasteiger partial charge is 0.495 e. The number of anilines is 1. The Hall–Kier alpha value is -3.43. The third-order valence-electron chi connectivity index (χ3n) is 6.11. The van der Waals surface area contributed by atoms with Crippen molar-refractivity contribution in [2.45, 2.75) is 17.9 Å². The molecule has 1 aliphatic rings. The summed E-state index contributed by atoms with van der Waals surface area (Å²) in [5, 5.41) is 0.303. The molecule has 36 heavy (non-hydrogen) atoms. The summed E-state index contributed by atoms with van der Waals surface area (Å²) in [6, 6.07) is 16.8. The first-order valence-electron chi connectivity index (χ1n) is 11.2. The van der Waals surface area contributed by atoms with Crippen molar-refractivity contribution in [2.75, 3.05) is 38.7 Å². The van der Waals surface area contributed by atoms with E-state index in [2.05, 4.69) is 0 Å². The topological polar surface area (TPSA) is 85.4 Å². The Balaban J connectivity index is 1.75. The summed E-state index contributed by atoms with van der Waals surface area (Å²) >= 11 is 6.23. The third kappa shape index (κ3) is 5.08. The number of ether oxygens (including phenoxy) is 3. The molecule has 0 unspecified atom stereocenters. The molecule has 0 fully saturated rings. The van der Waals surface area contributed by atoms with Gasteiger partial charge in [0.25, 0.3) is 10.0 Å². The number of hydrogen-bond donors (Lipinski definition) is 0. The van der Waals surface area contributed by atoms with Crippen LogP contribution in [0.4, 0.5) is 5.69 Å². The van der Waals surface area contributed by atoms with Crippen LogP contribution in [0.15, 0.2) is 65.6 Å². The summed E-state index contributed by atoms with van der Waals surface area (Å²) in [6.45, 7) is 0.467. The number of benzene rings is 3. The first-order chi connectivity index (χ1) is 17.3. The van der Waals surface area contributed by atoms with E-state index in [-0.39, 0.29) is 28.0 Å². The van der Waals surface area contributed by atoms with Crippen LogP contribution in [0.3, 0.4) is 0 Å². The molecule has 1 amide bonds. The van der Waals surface area contributed by atoms with Gasteiger partial charge in [-0.05, 0) is 47.9 Å². The van der Waals surface area contributed by atoms with Crippen molar-refractivity contribution in [1.82, 2.24) is 4.90 Å². The molecule has 0 radical (unpaired) electrons. The summed E-state index contributed by atoms with van der Waals surface area (Å²) in [5.41, 5.74) is 2.39. The number of halogens is 1. The maximum atomic E-state index is 14.0. The molecule has 0 saturated heterocycles. The summed E-state index contributed by atoms with van der Waals surface area (Å²) in [7, 11) is 0.0675. The van der Waals surface area contributed by atoms with Gasteiger partial charge in [0, 0.05) is 24.2 Å². The summed E-state index contributed by atoms with van der Waals surface area (Å²) in [4.78, 5) is 15.1. The Bertz CT molecular complexity index is 1380. The molecule has 0 spiro atoms. The van der Waals surface area contributed by atoms with Crippen LogP contribution >= 0.6 is 11.6 Å². The van der Waals surface area contributed by atoms with Gasteiger partial charge in [0.15, 0.2) is 11.5 Å². The Morgan fingerprint density at radius 3 is 2.28 bits per heavy atom. The quantitative estimate of drug-likeness (QED) is 0.435. The number of hydrogen-bond acceptors (Lipinski definition) is 6. The summed E-state index contributed by atoms with van der Waals surface area (Å²) in [5.74, 6) is 0.553. The molecular weight excluding hydrogens is 504 g/mol. The first-order valence-corrected chi connectivity index (χ1v) is 13.0. The second-order valence-corrected chi connectivity index (χ2v) is 10.5. The van der Waals surface area contributed by atoms with Gasteiger partial charge in [0.1, 0.15) is 12.3 Å². The van der Waals surface area contributed by atoms with Gasteiger partial charge in [0.2, 0.25) is 5.91 Å². The van der Waals surface area contributed by atoms with Gasteiger partial charge >= 0.3 is 0 Å². The highest BCUT2D eigenvalue weighted by Gasteiger charge is 2.32. The standard InChI is InChI=1S/C26H27ClN2O6S/c1-33-23-10-8-20(27)14-22(23)29(36(31,32)21-9-11-24(34-2)25(15-21)35-3)17-26(30)28-13-12-18-6-4-5-7-19(18)16-28/h4-11,14-15H,12-13,16-17H2,1-3H3. The van der Waals surface area contributed by atoms with Crippen LogP contribution in [0.1, 0.15) is 11.1 Å². The third-order valence-corrected chi connectivity index (χ3v) is 8.11. The normalized spacial score (nSPS) is 13.1. The number of carbonyl (C=O) groups is 1. The van der Waals surface area contributed by atoms with Crippen molar-refractivity contribution in [3.63, 3.8) is 0 Å². The first kappa shape index (κ1) is 25.7. The van der Waals surface area contributed by atoms with Crippen LogP contribution in [0.5, 0.6) is 17.2 Å². The SMILES string of the molecule is COc1ccc(S(=O)(=O)N(CC(=O)N2CCc3ccccc3C2)c2cc(Cl)ccc2OC)cc1OC. The van der Waals surface area contributed by atoms with Gasteiger partial charge in [0.05, 0.1) is 31.9 Å². The highest BCUT2D eigenvalue weighted by atomic mass is 35.5. The lowest BCUT2D eigenvalue weighted by molar-refractivity contribution is -0.130. The molecule has 0 aromatic heterocycles. The molecule has 190 valence electrons. The number of nitrogens with zero attached hydrogens (tertiary/aromatic N) is 2. The number of rotatable bonds is 8. The fraction of sp³-hybridized carbons (Fsp3) is 0.269. The number of fused-ring (bicyclic) bond motifs is 1. The van der Waals surface area contributed by atoms with E-state index in [1.807, 2.05) is 24.3 Å². The van der Waals surface area contributed by atoms with Crippen LogP contribution in [-0.2, 0) is 27.8 Å². The van der Waals surface area contributed by atoms with E-state index in [9.17, 15) is 13.2 Å².